The highest BCUT2D eigenvalue weighted by Crippen LogP contribution is 2.41. The molecule has 32 heavy (non-hydrogen) atoms. The van der Waals surface area contributed by atoms with E-state index in [1.165, 1.54) is 19.1 Å². The Morgan fingerprint density at radius 3 is 2.25 bits per heavy atom. The van der Waals surface area contributed by atoms with Crippen LogP contribution >= 0.6 is 10.8 Å². The average Bonchev–Trinajstić information content (AvgIpc) is 2.78. The number of benzene rings is 2. The van der Waals surface area contributed by atoms with Gasteiger partial charge in [0.15, 0.2) is 5.54 Å². The Bertz CT molecular complexity index is 1140. The topological polar surface area (TPSA) is 121 Å². The molecular formula is C22H22N2O6S2. The first-order valence-corrected chi connectivity index (χ1v) is 12.5. The molecule has 0 aliphatic carbocycles. The first kappa shape index (κ1) is 23.6. The van der Waals surface area contributed by atoms with Gasteiger partial charge in [0, 0.05) is 10.8 Å². The number of nitrogens with zero attached hydrogens (tertiary/aromatic N) is 1. The smallest absolute Gasteiger partial charge is 0.333 e. The van der Waals surface area contributed by atoms with Crippen molar-refractivity contribution in [3.8, 4) is 0 Å². The van der Waals surface area contributed by atoms with Crippen LogP contribution in [0.15, 0.2) is 78.2 Å². The van der Waals surface area contributed by atoms with Crippen LogP contribution in [0, 0.1) is 0 Å². The molecule has 168 valence electrons. The number of aliphatic carboxylic acids is 1. The number of hydrogen-bond donors (Lipinski definition) is 2. The lowest BCUT2D eigenvalue weighted by atomic mass is 9.92. The van der Waals surface area contributed by atoms with E-state index in [9.17, 15) is 27.9 Å². The van der Waals surface area contributed by atoms with Gasteiger partial charge in [-0.25, -0.2) is 13.2 Å². The van der Waals surface area contributed by atoms with Gasteiger partial charge in [0.1, 0.15) is 11.4 Å². The first-order valence-electron chi connectivity index (χ1n) is 9.62. The zero-order valence-corrected chi connectivity index (χ0v) is 18.8. The van der Waals surface area contributed by atoms with Crippen LogP contribution in [0.3, 0.4) is 0 Å². The van der Waals surface area contributed by atoms with E-state index in [0.717, 1.165) is 16.5 Å². The van der Waals surface area contributed by atoms with Gasteiger partial charge in [0.25, 0.3) is 0 Å². The summed E-state index contributed by atoms with van der Waals surface area (Å²) in [5.41, 5.74) is -1.13. The van der Waals surface area contributed by atoms with E-state index in [2.05, 4.69) is 11.9 Å². The Balaban J connectivity index is 1.88. The van der Waals surface area contributed by atoms with Gasteiger partial charge in [-0.1, -0.05) is 54.6 Å². The lowest BCUT2D eigenvalue weighted by Gasteiger charge is -2.52. The van der Waals surface area contributed by atoms with Crippen molar-refractivity contribution in [2.75, 3.05) is 0 Å². The molecule has 0 radical (unpaired) electrons. The highest BCUT2D eigenvalue weighted by Gasteiger charge is 2.59. The summed E-state index contributed by atoms with van der Waals surface area (Å²) >= 11 is 0. The lowest BCUT2D eigenvalue weighted by molar-refractivity contribution is -0.166. The standard InChI is InChI=1S/C22H22N2O6S2/c1-3-22(2,21(27)28)24-19(26)18(23-17(25)14-15-10-6-4-7-11-15)20(24)31-32(29,30)16-12-8-5-9-13-16/h3-13,18,20H,1,14H2,2H3,(H,23,25)(H,27,28). The van der Waals surface area contributed by atoms with Crippen molar-refractivity contribution in [2.45, 2.75) is 35.2 Å². The summed E-state index contributed by atoms with van der Waals surface area (Å²) in [6.45, 7) is 4.76. The van der Waals surface area contributed by atoms with Crippen LogP contribution in [-0.2, 0) is 29.7 Å². The summed E-state index contributed by atoms with van der Waals surface area (Å²) < 4.78 is 25.9. The van der Waals surface area contributed by atoms with Crippen LogP contribution in [0.4, 0.5) is 0 Å². The predicted molar refractivity (Wildman–Crippen MR) is 120 cm³/mol. The molecule has 8 nitrogen and oxygen atoms in total. The molecule has 0 spiro atoms. The van der Waals surface area contributed by atoms with Gasteiger partial charge in [-0.2, -0.15) is 0 Å². The summed E-state index contributed by atoms with van der Waals surface area (Å²) in [6, 6.07) is 15.2. The minimum atomic E-state index is -3.95. The number of carboxylic acid groups (broad SMARTS) is 1. The summed E-state index contributed by atoms with van der Waals surface area (Å²) in [7, 11) is -3.53. The summed E-state index contributed by atoms with van der Waals surface area (Å²) in [6.07, 6.45) is 1.06. The normalized spacial score (nSPS) is 20.0. The molecule has 2 amide bonds. The van der Waals surface area contributed by atoms with Crippen LogP contribution in [0.2, 0.25) is 0 Å². The van der Waals surface area contributed by atoms with Crippen LogP contribution in [-0.4, -0.2) is 53.2 Å². The molecule has 2 aromatic carbocycles. The number of amides is 2. The van der Waals surface area contributed by atoms with Crippen molar-refractivity contribution in [3.63, 3.8) is 0 Å². The van der Waals surface area contributed by atoms with Crippen molar-refractivity contribution in [2.24, 2.45) is 0 Å². The molecule has 2 aromatic rings. The average molecular weight is 475 g/mol. The zero-order chi connectivity index (χ0) is 23.5. The molecule has 10 heteroatoms. The maximum atomic E-state index is 12.9. The van der Waals surface area contributed by atoms with Gasteiger partial charge in [-0.05, 0) is 24.6 Å². The molecule has 1 saturated heterocycles. The number of β-lactam (4-membered cyclic amide) rings is 1. The monoisotopic (exact) mass is 474 g/mol. The van der Waals surface area contributed by atoms with Gasteiger partial charge in [-0.15, -0.1) is 6.58 Å². The third kappa shape index (κ3) is 4.56. The highest BCUT2D eigenvalue weighted by atomic mass is 33.1. The molecule has 1 fully saturated rings. The molecule has 0 saturated carbocycles. The molecule has 3 atom stereocenters. The van der Waals surface area contributed by atoms with E-state index in [1.807, 2.05) is 0 Å². The zero-order valence-electron chi connectivity index (χ0n) is 17.2. The Kier molecular flexibility index (Phi) is 6.75. The molecule has 0 aromatic heterocycles. The maximum absolute atomic E-state index is 12.9. The van der Waals surface area contributed by atoms with Crippen molar-refractivity contribution in [3.05, 3.63) is 78.9 Å². The second-order valence-corrected chi connectivity index (χ2v) is 11.3. The Morgan fingerprint density at radius 2 is 1.72 bits per heavy atom. The van der Waals surface area contributed by atoms with Crippen molar-refractivity contribution in [1.29, 1.82) is 0 Å². The quantitative estimate of drug-likeness (QED) is 0.324. The highest BCUT2D eigenvalue weighted by molar-refractivity contribution is 8.72. The molecule has 0 bridgehead atoms. The van der Waals surface area contributed by atoms with Gasteiger partial charge < -0.3 is 15.3 Å². The van der Waals surface area contributed by atoms with E-state index in [0.29, 0.717) is 10.8 Å². The van der Waals surface area contributed by atoms with E-state index in [4.69, 9.17) is 0 Å². The number of nitrogens with one attached hydrogen (secondary N) is 1. The minimum absolute atomic E-state index is 0.00860. The first-order chi connectivity index (χ1) is 15.1. The minimum Gasteiger partial charge on any atom is -0.479 e. The second-order valence-electron chi connectivity index (χ2n) is 7.33. The lowest BCUT2D eigenvalue weighted by Crippen LogP contribution is -2.76. The molecule has 3 rings (SSSR count). The largest absolute Gasteiger partial charge is 0.479 e. The second kappa shape index (κ2) is 9.17. The van der Waals surface area contributed by atoms with Crippen LogP contribution in [0.1, 0.15) is 12.5 Å². The van der Waals surface area contributed by atoms with Gasteiger partial charge in [-0.3, -0.25) is 9.59 Å². The van der Waals surface area contributed by atoms with E-state index >= 15 is 0 Å². The molecular weight excluding hydrogens is 452 g/mol. The predicted octanol–water partition coefficient (Wildman–Crippen LogP) is 2.03. The van der Waals surface area contributed by atoms with E-state index in [1.54, 1.807) is 48.5 Å². The molecule has 1 heterocycles. The number of carbonyl (C=O) groups is 3. The van der Waals surface area contributed by atoms with E-state index < -0.39 is 43.6 Å². The fourth-order valence-corrected chi connectivity index (χ4v) is 6.86. The number of carboxylic acids is 1. The SMILES string of the molecule is C=CC(C)(C(=O)O)N1C(=O)C(NC(=O)Cc2ccccc2)C1SS(=O)(=O)c1ccccc1. The van der Waals surface area contributed by atoms with E-state index in [-0.39, 0.29) is 11.3 Å². The number of rotatable bonds is 9. The van der Waals surface area contributed by atoms with Crippen LogP contribution < -0.4 is 5.32 Å². The van der Waals surface area contributed by atoms with Gasteiger partial charge in [0.2, 0.25) is 20.7 Å². The molecule has 1 aliphatic rings. The maximum Gasteiger partial charge on any atom is 0.333 e. The Labute approximate surface area is 189 Å². The van der Waals surface area contributed by atoms with Crippen molar-refractivity contribution >= 4 is 37.4 Å². The molecule has 1 aliphatic heterocycles. The number of likely N-dealkylation sites (tertiary alicyclic amines) is 1. The Morgan fingerprint density at radius 1 is 1.16 bits per heavy atom. The summed E-state index contributed by atoms with van der Waals surface area (Å²) in [5, 5.41) is 11.1. The van der Waals surface area contributed by atoms with Crippen molar-refractivity contribution in [1.82, 2.24) is 10.2 Å². The van der Waals surface area contributed by atoms with Gasteiger partial charge >= 0.3 is 5.97 Å². The third-order valence-electron chi connectivity index (χ3n) is 5.16. The third-order valence-corrected chi connectivity index (χ3v) is 8.87. The van der Waals surface area contributed by atoms with Crippen LogP contribution in [0.5, 0.6) is 0 Å². The van der Waals surface area contributed by atoms with Crippen molar-refractivity contribution < 1.29 is 27.9 Å². The number of carbonyl (C=O) groups excluding carboxylic acids is 2. The molecule has 3 unspecified atom stereocenters. The molecule has 2 N–H and O–H groups in total. The van der Waals surface area contributed by atoms with Crippen LogP contribution in [0.25, 0.3) is 0 Å². The van der Waals surface area contributed by atoms with Gasteiger partial charge in [0.05, 0.1) is 11.3 Å². The Hall–Kier alpha value is -3.11. The summed E-state index contributed by atoms with van der Waals surface area (Å²) in [5.74, 6) is -2.54. The fraction of sp³-hybridized carbons (Fsp3) is 0.227. The fourth-order valence-electron chi connectivity index (χ4n) is 3.26. The summed E-state index contributed by atoms with van der Waals surface area (Å²) in [4.78, 5) is 38.2. The number of hydrogen-bond acceptors (Lipinski definition) is 6.